The van der Waals surface area contributed by atoms with E-state index in [9.17, 15) is 9.59 Å². The average molecular weight is 504 g/mol. The number of nitrogens with zero attached hydrogens (tertiary/aromatic N) is 3. The molecule has 7 heteroatoms. The van der Waals surface area contributed by atoms with Crippen LogP contribution in [0.3, 0.4) is 0 Å². The van der Waals surface area contributed by atoms with Gasteiger partial charge in [0.05, 0.1) is 19.1 Å². The van der Waals surface area contributed by atoms with Crippen molar-refractivity contribution in [3.05, 3.63) is 82.0 Å². The van der Waals surface area contributed by atoms with Gasteiger partial charge in [0, 0.05) is 48.9 Å². The molecule has 2 aliphatic rings. The van der Waals surface area contributed by atoms with Gasteiger partial charge in [-0.2, -0.15) is 0 Å². The fourth-order valence-corrected chi connectivity index (χ4v) is 6.28. The molecule has 0 aliphatic carbocycles. The molecule has 0 spiro atoms. The number of benzene rings is 2. The van der Waals surface area contributed by atoms with E-state index in [1.165, 1.54) is 0 Å². The van der Waals surface area contributed by atoms with Gasteiger partial charge in [-0.15, -0.1) is 11.3 Å². The van der Waals surface area contributed by atoms with Crippen molar-refractivity contribution in [1.82, 2.24) is 9.80 Å². The van der Waals surface area contributed by atoms with Crippen molar-refractivity contribution >= 4 is 28.8 Å². The highest BCUT2D eigenvalue weighted by Gasteiger charge is 2.46. The molecule has 3 heterocycles. The molecule has 188 valence electrons. The van der Waals surface area contributed by atoms with E-state index in [0.29, 0.717) is 31.1 Å². The molecule has 3 aromatic rings. The molecule has 1 aromatic heterocycles. The van der Waals surface area contributed by atoms with Crippen LogP contribution in [0.1, 0.15) is 46.6 Å². The highest BCUT2D eigenvalue weighted by Crippen LogP contribution is 2.45. The summed E-state index contributed by atoms with van der Waals surface area (Å²) >= 11 is 1.62. The van der Waals surface area contributed by atoms with E-state index < -0.39 is 5.92 Å². The van der Waals surface area contributed by atoms with Gasteiger partial charge in [-0.05, 0) is 53.3 Å². The van der Waals surface area contributed by atoms with Crippen LogP contribution in [0.5, 0.6) is 5.75 Å². The van der Waals surface area contributed by atoms with Crippen molar-refractivity contribution in [2.45, 2.75) is 25.8 Å². The molecule has 1 fully saturated rings. The van der Waals surface area contributed by atoms with Crippen molar-refractivity contribution in [2.75, 3.05) is 44.7 Å². The summed E-state index contributed by atoms with van der Waals surface area (Å²) in [5.74, 6) is 0.848. The number of rotatable bonds is 6. The molecule has 2 atom stereocenters. The van der Waals surface area contributed by atoms with Gasteiger partial charge in [0.15, 0.2) is 0 Å². The van der Waals surface area contributed by atoms with Gasteiger partial charge in [-0.3, -0.25) is 9.59 Å². The lowest BCUT2D eigenvalue weighted by Crippen LogP contribution is -2.53. The lowest BCUT2D eigenvalue weighted by Gasteiger charge is -2.44. The maximum absolute atomic E-state index is 14.2. The van der Waals surface area contributed by atoms with Gasteiger partial charge in [-0.1, -0.05) is 38.1 Å². The summed E-state index contributed by atoms with van der Waals surface area (Å²) in [5, 5.41) is 2.03. The summed E-state index contributed by atoms with van der Waals surface area (Å²) in [6.07, 6.45) is 0. The van der Waals surface area contributed by atoms with Crippen molar-refractivity contribution in [3.63, 3.8) is 0 Å². The molecule has 0 radical (unpaired) electrons. The van der Waals surface area contributed by atoms with Crippen molar-refractivity contribution in [3.8, 4) is 5.75 Å². The Morgan fingerprint density at radius 3 is 2.36 bits per heavy atom. The molecule has 0 unspecified atom stereocenters. The van der Waals surface area contributed by atoms with Crippen molar-refractivity contribution in [1.29, 1.82) is 0 Å². The molecule has 2 aromatic carbocycles. The maximum Gasteiger partial charge on any atom is 0.254 e. The Bertz CT molecular complexity index is 1200. The van der Waals surface area contributed by atoms with Crippen LogP contribution >= 0.6 is 11.3 Å². The molecule has 2 amide bonds. The minimum Gasteiger partial charge on any atom is -0.497 e. The van der Waals surface area contributed by atoms with E-state index in [2.05, 4.69) is 36.9 Å². The summed E-state index contributed by atoms with van der Waals surface area (Å²) in [6, 6.07) is 19.5. The minimum absolute atomic E-state index is 0.0195. The third kappa shape index (κ3) is 4.60. The molecular weight excluding hydrogens is 470 g/mol. The second-order valence-corrected chi connectivity index (χ2v) is 10.9. The molecule has 5 rings (SSSR count). The highest BCUT2D eigenvalue weighted by atomic mass is 32.1. The Hall–Kier alpha value is -3.32. The lowest BCUT2D eigenvalue weighted by atomic mass is 9.80. The molecule has 6 nitrogen and oxygen atoms in total. The zero-order chi connectivity index (χ0) is 25.2. The Balaban J connectivity index is 1.44. The largest absolute Gasteiger partial charge is 0.497 e. The van der Waals surface area contributed by atoms with Gasteiger partial charge in [0.1, 0.15) is 5.75 Å². The fraction of sp³-hybridized carbons (Fsp3) is 0.379. The van der Waals surface area contributed by atoms with Crippen LogP contribution in [0.25, 0.3) is 0 Å². The first-order valence-corrected chi connectivity index (χ1v) is 13.5. The molecule has 0 N–H and O–H groups in total. The number of carbonyl (C=O) groups is 2. The van der Waals surface area contributed by atoms with Crippen LogP contribution in [-0.4, -0.2) is 61.4 Å². The van der Waals surface area contributed by atoms with E-state index in [1.807, 2.05) is 57.6 Å². The predicted octanol–water partition coefficient (Wildman–Crippen LogP) is 5.04. The van der Waals surface area contributed by atoms with Crippen LogP contribution in [0, 0.1) is 5.92 Å². The van der Waals surface area contributed by atoms with E-state index in [-0.39, 0.29) is 17.9 Å². The number of methoxy groups -OCH3 is 1. The number of amides is 2. The smallest absolute Gasteiger partial charge is 0.254 e. The summed E-state index contributed by atoms with van der Waals surface area (Å²) < 4.78 is 5.28. The van der Waals surface area contributed by atoms with Gasteiger partial charge in [0.2, 0.25) is 5.91 Å². The lowest BCUT2D eigenvalue weighted by molar-refractivity contribution is -0.135. The van der Waals surface area contributed by atoms with Gasteiger partial charge >= 0.3 is 0 Å². The van der Waals surface area contributed by atoms with Gasteiger partial charge in [-0.25, -0.2) is 0 Å². The first kappa shape index (κ1) is 24.4. The molecule has 0 bridgehead atoms. The van der Waals surface area contributed by atoms with E-state index in [4.69, 9.17) is 4.74 Å². The maximum atomic E-state index is 14.2. The number of fused-ring (bicyclic) bond motifs is 1. The average Bonchev–Trinajstić information content (AvgIpc) is 3.44. The molecule has 36 heavy (non-hydrogen) atoms. The molecular formula is C29H33N3O3S. The summed E-state index contributed by atoms with van der Waals surface area (Å²) in [7, 11) is 1.67. The second kappa shape index (κ2) is 10.3. The third-order valence-corrected chi connectivity index (χ3v) is 8.07. The van der Waals surface area contributed by atoms with Crippen LogP contribution < -0.4 is 9.64 Å². The SMILES string of the molecule is COc1ccc(N2CCN(C(=O)[C@H]3c4ccccc4C(=O)N(CC(C)C)[C@@H]3c3cccs3)CC2)cc1. The summed E-state index contributed by atoms with van der Waals surface area (Å²) in [6.45, 7) is 7.70. The van der Waals surface area contributed by atoms with Crippen LogP contribution in [-0.2, 0) is 4.79 Å². The van der Waals surface area contributed by atoms with Crippen molar-refractivity contribution < 1.29 is 14.3 Å². The second-order valence-electron chi connectivity index (χ2n) is 9.89. The Morgan fingerprint density at radius 2 is 1.72 bits per heavy atom. The Morgan fingerprint density at radius 1 is 1.00 bits per heavy atom. The van der Waals surface area contributed by atoms with Gasteiger partial charge < -0.3 is 19.4 Å². The number of carbonyl (C=O) groups excluding carboxylic acids is 2. The topological polar surface area (TPSA) is 53.1 Å². The Kier molecular flexibility index (Phi) is 7.01. The standard InChI is InChI=1S/C29H33N3O3S/c1-20(2)19-32-27(25-9-6-18-36-25)26(23-7-4-5-8-24(23)28(32)33)29(34)31-16-14-30(15-17-31)21-10-12-22(35-3)13-11-21/h4-13,18,20,26-27H,14-17,19H2,1-3H3/t26-,27+/m0/s1. The van der Waals surface area contributed by atoms with Crippen LogP contribution in [0.4, 0.5) is 5.69 Å². The monoisotopic (exact) mass is 503 g/mol. The Labute approximate surface area is 217 Å². The van der Waals surface area contributed by atoms with E-state index in [0.717, 1.165) is 35.0 Å². The minimum atomic E-state index is -0.413. The van der Waals surface area contributed by atoms with E-state index >= 15 is 0 Å². The zero-order valence-corrected chi connectivity index (χ0v) is 21.9. The van der Waals surface area contributed by atoms with Crippen molar-refractivity contribution in [2.24, 2.45) is 5.92 Å². The summed E-state index contributed by atoms with van der Waals surface area (Å²) in [4.78, 5) is 35.2. The summed E-state index contributed by atoms with van der Waals surface area (Å²) in [5.41, 5.74) is 2.64. The third-order valence-electron chi connectivity index (χ3n) is 7.13. The normalized spacial score (nSPS) is 20.0. The number of hydrogen-bond donors (Lipinski definition) is 0. The molecule has 0 saturated carbocycles. The van der Waals surface area contributed by atoms with Crippen LogP contribution in [0.2, 0.25) is 0 Å². The number of thiophene rings is 1. The van der Waals surface area contributed by atoms with Gasteiger partial charge in [0.25, 0.3) is 5.91 Å². The number of piperazine rings is 1. The molecule has 2 aliphatic heterocycles. The first-order chi connectivity index (χ1) is 17.5. The quantitative estimate of drug-likeness (QED) is 0.473. The van der Waals surface area contributed by atoms with Crippen LogP contribution in [0.15, 0.2) is 66.0 Å². The highest BCUT2D eigenvalue weighted by molar-refractivity contribution is 7.10. The fourth-order valence-electron chi connectivity index (χ4n) is 5.40. The predicted molar refractivity (Wildman–Crippen MR) is 144 cm³/mol. The number of ether oxygens (including phenoxy) is 1. The van der Waals surface area contributed by atoms with E-state index in [1.54, 1.807) is 18.4 Å². The zero-order valence-electron chi connectivity index (χ0n) is 21.1. The molecule has 1 saturated heterocycles. The number of hydrogen-bond acceptors (Lipinski definition) is 5. The number of anilines is 1. The first-order valence-electron chi connectivity index (χ1n) is 12.6.